The molecule has 0 amide bonds. The molecule has 0 spiro atoms. The van der Waals surface area contributed by atoms with Crippen LogP contribution in [0.5, 0.6) is 0 Å². The average Bonchev–Trinajstić information content (AvgIpc) is 3.16. The van der Waals surface area contributed by atoms with Gasteiger partial charge in [-0.15, -0.1) is 0 Å². The van der Waals surface area contributed by atoms with Gasteiger partial charge in [0.05, 0.1) is 10.6 Å². The van der Waals surface area contributed by atoms with Crippen LogP contribution in [0.25, 0.3) is 16.9 Å². The van der Waals surface area contributed by atoms with E-state index in [-0.39, 0.29) is 10.6 Å². The van der Waals surface area contributed by atoms with E-state index in [1.165, 1.54) is 23.2 Å². The molecule has 4 heteroatoms. The lowest BCUT2D eigenvalue weighted by molar-refractivity contribution is -0.384. The molecule has 0 saturated heterocycles. The fourth-order valence-corrected chi connectivity index (χ4v) is 3.38. The number of nitrogens with zero attached hydrogens (tertiary/aromatic N) is 2. The lowest BCUT2D eigenvalue weighted by Gasteiger charge is -2.13. The second kappa shape index (κ2) is 5.39. The normalized spacial score (nSPS) is 13.0. The van der Waals surface area contributed by atoms with Crippen molar-refractivity contribution in [1.29, 1.82) is 0 Å². The van der Waals surface area contributed by atoms with Gasteiger partial charge in [-0.05, 0) is 48.6 Å². The molecule has 0 aliphatic heterocycles. The molecule has 3 aromatic rings. The van der Waals surface area contributed by atoms with Crippen LogP contribution in [0.15, 0.2) is 60.7 Å². The Morgan fingerprint density at radius 1 is 0.957 bits per heavy atom. The number of aryl methyl sites for hydroxylation is 1. The molecule has 1 aliphatic rings. The van der Waals surface area contributed by atoms with Gasteiger partial charge >= 0.3 is 0 Å². The van der Waals surface area contributed by atoms with E-state index in [1.807, 2.05) is 30.3 Å². The number of hydrogen-bond acceptors (Lipinski definition) is 2. The minimum atomic E-state index is -0.359. The summed E-state index contributed by atoms with van der Waals surface area (Å²) in [7, 11) is 0. The fraction of sp³-hybridized carbons (Fsp3) is 0.158. The van der Waals surface area contributed by atoms with Gasteiger partial charge in [0.2, 0.25) is 0 Å². The molecule has 0 fully saturated rings. The van der Waals surface area contributed by atoms with Crippen molar-refractivity contribution in [3.8, 4) is 16.9 Å². The molecule has 114 valence electrons. The van der Waals surface area contributed by atoms with Gasteiger partial charge in [0.1, 0.15) is 0 Å². The Morgan fingerprint density at radius 3 is 2.39 bits per heavy atom. The largest absolute Gasteiger partial charge is 0.313 e. The molecule has 0 unspecified atom stereocenters. The van der Waals surface area contributed by atoms with Crippen molar-refractivity contribution in [3.05, 3.63) is 82.0 Å². The number of non-ortho nitro benzene ring substituents is 1. The van der Waals surface area contributed by atoms with E-state index in [1.54, 1.807) is 12.1 Å². The molecule has 2 aromatic carbocycles. The first-order chi connectivity index (χ1) is 11.2. The first-order valence-corrected chi connectivity index (χ1v) is 7.78. The zero-order valence-corrected chi connectivity index (χ0v) is 12.6. The summed E-state index contributed by atoms with van der Waals surface area (Å²) in [6, 6.07) is 19.4. The third-order valence-corrected chi connectivity index (χ3v) is 4.44. The number of rotatable bonds is 3. The summed E-state index contributed by atoms with van der Waals surface area (Å²) in [5, 5.41) is 10.9. The van der Waals surface area contributed by atoms with Crippen LogP contribution in [0.4, 0.5) is 5.69 Å². The van der Waals surface area contributed by atoms with Crippen molar-refractivity contribution < 1.29 is 4.92 Å². The molecule has 0 bridgehead atoms. The summed E-state index contributed by atoms with van der Waals surface area (Å²) in [5.74, 6) is 0. The third-order valence-electron chi connectivity index (χ3n) is 4.44. The van der Waals surface area contributed by atoms with Crippen molar-refractivity contribution in [2.45, 2.75) is 19.3 Å². The predicted molar refractivity (Wildman–Crippen MR) is 89.9 cm³/mol. The maximum absolute atomic E-state index is 10.9. The Bertz CT molecular complexity index is 864. The number of benzene rings is 2. The number of aromatic nitrogens is 1. The van der Waals surface area contributed by atoms with Gasteiger partial charge < -0.3 is 4.57 Å². The minimum Gasteiger partial charge on any atom is -0.313 e. The van der Waals surface area contributed by atoms with Crippen LogP contribution in [-0.4, -0.2) is 9.49 Å². The summed E-state index contributed by atoms with van der Waals surface area (Å²) >= 11 is 0. The lowest BCUT2D eigenvalue weighted by Crippen LogP contribution is -2.01. The summed E-state index contributed by atoms with van der Waals surface area (Å²) in [6.07, 6.45) is 3.33. The standard InChI is InChI=1S/C19H16N2O2/c22-21(23)17-11-9-16(10-12-17)20-18-8-4-7-15(18)13-19(20)14-5-2-1-3-6-14/h1-3,5-6,9-13H,4,7-8H2. The smallest absolute Gasteiger partial charge is 0.269 e. The number of nitro benzene ring substituents is 1. The second-order valence-corrected chi connectivity index (χ2v) is 5.83. The summed E-state index contributed by atoms with van der Waals surface area (Å²) in [4.78, 5) is 10.5. The van der Waals surface area contributed by atoms with E-state index in [0.717, 1.165) is 24.2 Å². The van der Waals surface area contributed by atoms with Crippen molar-refractivity contribution in [3.63, 3.8) is 0 Å². The zero-order chi connectivity index (χ0) is 15.8. The molecule has 1 aromatic heterocycles. The molecule has 23 heavy (non-hydrogen) atoms. The second-order valence-electron chi connectivity index (χ2n) is 5.83. The van der Waals surface area contributed by atoms with E-state index in [4.69, 9.17) is 0 Å². The first-order valence-electron chi connectivity index (χ1n) is 7.78. The van der Waals surface area contributed by atoms with Gasteiger partial charge in [-0.25, -0.2) is 0 Å². The quantitative estimate of drug-likeness (QED) is 0.527. The highest BCUT2D eigenvalue weighted by atomic mass is 16.6. The van der Waals surface area contributed by atoms with Crippen LogP contribution >= 0.6 is 0 Å². The van der Waals surface area contributed by atoms with E-state index in [9.17, 15) is 10.1 Å². The fourth-order valence-electron chi connectivity index (χ4n) is 3.38. The Balaban J connectivity index is 1.88. The molecular weight excluding hydrogens is 288 g/mol. The zero-order valence-electron chi connectivity index (χ0n) is 12.6. The third kappa shape index (κ3) is 2.32. The molecule has 0 atom stereocenters. The van der Waals surface area contributed by atoms with Crippen LogP contribution in [0, 0.1) is 10.1 Å². The molecule has 0 radical (unpaired) electrons. The molecule has 0 saturated carbocycles. The number of hydrogen-bond donors (Lipinski definition) is 0. The van der Waals surface area contributed by atoms with E-state index in [2.05, 4.69) is 22.8 Å². The van der Waals surface area contributed by atoms with Gasteiger partial charge in [-0.1, -0.05) is 30.3 Å². The van der Waals surface area contributed by atoms with Gasteiger partial charge in [0, 0.05) is 23.5 Å². The van der Waals surface area contributed by atoms with Crippen LogP contribution in [0.1, 0.15) is 17.7 Å². The van der Waals surface area contributed by atoms with Crippen LogP contribution in [0.3, 0.4) is 0 Å². The van der Waals surface area contributed by atoms with Crippen molar-refractivity contribution in [1.82, 2.24) is 4.57 Å². The van der Waals surface area contributed by atoms with Crippen LogP contribution in [0.2, 0.25) is 0 Å². The molecule has 1 heterocycles. The number of nitro groups is 1. The highest BCUT2D eigenvalue weighted by Gasteiger charge is 2.21. The minimum absolute atomic E-state index is 0.124. The Labute approximate surface area is 134 Å². The number of fused-ring (bicyclic) bond motifs is 1. The van der Waals surface area contributed by atoms with Crippen LogP contribution in [-0.2, 0) is 12.8 Å². The predicted octanol–water partition coefficient (Wildman–Crippen LogP) is 4.54. The van der Waals surface area contributed by atoms with E-state index >= 15 is 0 Å². The van der Waals surface area contributed by atoms with E-state index in [0.29, 0.717) is 0 Å². The molecule has 1 aliphatic carbocycles. The van der Waals surface area contributed by atoms with Gasteiger partial charge in [0.25, 0.3) is 5.69 Å². The average molecular weight is 304 g/mol. The molecular formula is C19H16N2O2. The molecule has 4 nitrogen and oxygen atoms in total. The first kappa shape index (κ1) is 13.8. The van der Waals surface area contributed by atoms with Crippen molar-refractivity contribution in [2.75, 3.05) is 0 Å². The Kier molecular flexibility index (Phi) is 3.23. The summed E-state index contributed by atoms with van der Waals surface area (Å²) in [5.41, 5.74) is 6.15. The Morgan fingerprint density at radius 2 is 1.70 bits per heavy atom. The maximum atomic E-state index is 10.9. The molecule has 4 rings (SSSR count). The van der Waals surface area contributed by atoms with Crippen molar-refractivity contribution >= 4 is 5.69 Å². The van der Waals surface area contributed by atoms with Gasteiger partial charge in [0.15, 0.2) is 0 Å². The maximum Gasteiger partial charge on any atom is 0.269 e. The molecule has 0 N–H and O–H groups in total. The van der Waals surface area contributed by atoms with Crippen molar-refractivity contribution in [2.24, 2.45) is 0 Å². The Hall–Kier alpha value is -2.88. The summed E-state index contributed by atoms with van der Waals surface area (Å²) in [6.45, 7) is 0. The highest BCUT2D eigenvalue weighted by molar-refractivity contribution is 5.66. The van der Waals surface area contributed by atoms with Crippen LogP contribution < -0.4 is 0 Å². The van der Waals surface area contributed by atoms with Gasteiger partial charge in [-0.3, -0.25) is 10.1 Å². The van der Waals surface area contributed by atoms with E-state index < -0.39 is 0 Å². The lowest BCUT2D eigenvalue weighted by atomic mass is 10.1. The SMILES string of the molecule is O=[N+]([O-])c1ccc(-n2c(-c3ccccc3)cc3c2CCC3)cc1. The van der Waals surface area contributed by atoms with Gasteiger partial charge in [-0.2, -0.15) is 0 Å². The highest BCUT2D eigenvalue weighted by Crippen LogP contribution is 2.34. The summed E-state index contributed by atoms with van der Waals surface area (Å²) < 4.78 is 2.25. The monoisotopic (exact) mass is 304 g/mol. The topological polar surface area (TPSA) is 48.1 Å².